The van der Waals surface area contributed by atoms with Crippen molar-refractivity contribution in [3.63, 3.8) is 0 Å². The van der Waals surface area contributed by atoms with E-state index < -0.39 is 17.7 Å². The average Bonchev–Trinajstić information content (AvgIpc) is 2.70. The van der Waals surface area contributed by atoms with Gasteiger partial charge in [0.2, 0.25) is 0 Å². The van der Waals surface area contributed by atoms with Crippen molar-refractivity contribution in [1.82, 2.24) is 9.88 Å². The van der Waals surface area contributed by atoms with Crippen LogP contribution in [0.15, 0.2) is 36.4 Å². The highest BCUT2D eigenvalue weighted by Crippen LogP contribution is 2.34. The molecule has 30 heavy (non-hydrogen) atoms. The average molecular weight is 441 g/mol. The Balaban J connectivity index is 0.00000320. The molecule has 0 aliphatic rings. The van der Waals surface area contributed by atoms with E-state index in [-0.39, 0.29) is 30.1 Å². The van der Waals surface area contributed by atoms with Crippen molar-refractivity contribution in [1.29, 1.82) is 0 Å². The molecular formula is C22H24ClF3N2O2. The number of aromatic nitrogens is 1. The minimum absolute atomic E-state index is 0. The molecule has 0 unspecified atom stereocenters. The van der Waals surface area contributed by atoms with Crippen LogP contribution in [0, 0.1) is 6.92 Å². The van der Waals surface area contributed by atoms with Gasteiger partial charge in [-0.2, -0.15) is 13.2 Å². The molecule has 1 heterocycles. The van der Waals surface area contributed by atoms with E-state index >= 15 is 0 Å². The predicted octanol–water partition coefficient (Wildman–Crippen LogP) is 5.64. The number of hydrogen-bond donors (Lipinski definition) is 0. The molecule has 0 fully saturated rings. The quantitative estimate of drug-likeness (QED) is 0.367. The molecule has 0 radical (unpaired) electrons. The summed E-state index contributed by atoms with van der Waals surface area (Å²) >= 11 is 0. The molecule has 3 rings (SSSR count). The van der Waals surface area contributed by atoms with E-state index in [9.17, 15) is 18.0 Å². The Hall–Kier alpha value is -2.38. The Bertz CT molecular complexity index is 1050. The van der Waals surface area contributed by atoms with Crippen LogP contribution >= 0.6 is 12.4 Å². The first-order chi connectivity index (χ1) is 13.8. The third kappa shape index (κ3) is 4.84. The van der Waals surface area contributed by atoms with Gasteiger partial charge in [-0.1, -0.05) is 32.0 Å². The number of carbonyl (C=O) groups excluding carboxylic acids is 1. The molecule has 0 atom stereocenters. The lowest BCUT2D eigenvalue weighted by Gasteiger charge is -2.17. The predicted molar refractivity (Wildman–Crippen MR) is 114 cm³/mol. The number of pyridine rings is 1. The number of halogens is 4. The van der Waals surface area contributed by atoms with Gasteiger partial charge in [-0.05, 0) is 43.8 Å². The van der Waals surface area contributed by atoms with Gasteiger partial charge < -0.3 is 9.64 Å². The van der Waals surface area contributed by atoms with Crippen LogP contribution in [0.25, 0.3) is 21.8 Å². The van der Waals surface area contributed by atoms with Gasteiger partial charge in [-0.15, -0.1) is 12.4 Å². The van der Waals surface area contributed by atoms with Gasteiger partial charge >= 0.3 is 12.1 Å². The Morgan fingerprint density at radius 2 is 1.80 bits per heavy atom. The van der Waals surface area contributed by atoms with E-state index in [2.05, 4.69) is 9.88 Å². The highest BCUT2D eigenvalue weighted by molar-refractivity contribution is 6.07. The van der Waals surface area contributed by atoms with Crippen LogP contribution in [0.5, 0.6) is 0 Å². The number of likely N-dealkylation sites (N-methyl/N-ethyl adjacent to an activating group) is 1. The number of esters is 1. The monoisotopic (exact) mass is 440 g/mol. The number of nitrogens with zero attached hydrogens (tertiary/aromatic N) is 2. The maximum Gasteiger partial charge on any atom is 0.416 e. The maximum absolute atomic E-state index is 13.1. The van der Waals surface area contributed by atoms with Crippen molar-refractivity contribution in [3.8, 4) is 0 Å². The highest BCUT2D eigenvalue weighted by Gasteiger charge is 2.30. The first-order valence-electron chi connectivity index (χ1n) is 9.56. The molecule has 0 aliphatic heterocycles. The summed E-state index contributed by atoms with van der Waals surface area (Å²) in [7, 11) is 0. The summed E-state index contributed by atoms with van der Waals surface area (Å²) in [4.78, 5) is 19.2. The number of alkyl halides is 3. The zero-order valence-electron chi connectivity index (χ0n) is 17.0. The number of aryl methyl sites for hydroxylation is 1. The molecule has 0 saturated heterocycles. The summed E-state index contributed by atoms with van der Waals surface area (Å²) in [5.74, 6) is -0.527. The molecule has 3 aromatic rings. The molecule has 0 aliphatic carbocycles. The first-order valence-corrected chi connectivity index (χ1v) is 9.56. The molecule has 2 aromatic carbocycles. The number of para-hydroxylation sites is 1. The molecule has 162 valence electrons. The van der Waals surface area contributed by atoms with Crippen LogP contribution in [-0.4, -0.2) is 42.1 Å². The summed E-state index contributed by atoms with van der Waals surface area (Å²) in [6, 6.07) is 8.62. The normalized spacial score (nSPS) is 11.7. The summed E-state index contributed by atoms with van der Waals surface area (Å²) in [5, 5.41) is 1.34. The first kappa shape index (κ1) is 23.9. The van der Waals surface area contributed by atoms with Crippen molar-refractivity contribution in [2.75, 3.05) is 26.2 Å². The number of benzene rings is 2. The van der Waals surface area contributed by atoms with Crippen LogP contribution in [-0.2, 0) is 10.9 Å². The maximum atomic E-state index is 13.1. The fourth-order valence-electron chi connectivity index (χ4n) is 3.40. The fraction of sp³-hybridized carbons (Fsp3) is 0.364. The molecule has 0 amide bonds. The van der Waals surface area contributed by atoms with E-state index in [4.69, 9.17) is 4.74 Å². The third-order valence-corrected chi connectivity index (χ3v) is 5.16. The van der Waals surface area contributed by atoms with Crippen LogP contribution in [0.2, 0.25) is 0 Å². The van der Waals surface area contributed by atoms with E-state index in [1.165, 1.54) is 6.07 Å². The van der Waals surface area contributed by atoms with Gasteiger partial charge in [0.15, 0.2) is 0 Å². The summed E-state index contributed by atoms with van der Waals surface area (Å²) in [6.45, 7) is 8.45. The SMILES string of the molecule is CCN(CC)CCOC(=O)c1cccc2c(C)c3ccc(C(F)(F)F)cc3nc12.Cl. The van der Waals surface area contributed by atoms with Crippen molar-refractivity contribution in [3.05, 3.63) is 53.1 Å². The van der Waals surface area contributed by atoms with Gasteiger partial charge in [0.25, 0.3) is 0 Å². The molecule has 1 aromatic heterocycles. The number of carbonyl (C=O) groups is 1. The number of rotatable bonds is 6. The van der Waals surface area contributed by atoms with Gasteiger partial charge in [0.05, 0.1) is 22.2 Å². The van der Waals surface area contributed by atoms with Crippen LogP contribution < -0.4 is 0 Å². The van der Waals surface area contributed by atoms with Crippen molar-refractivity contribution >= 4 is 40.2 Å². The summed E-state index contributed by atoms with van der Waals surface area (Å²) < 4.78 is 44.7. The lowest BCUT2D eigenvalue weighted by atomic mass is 10.00. The Kier molecular flexibility index (Phi) is 7.66. The van der Waals surface area contributed by atoms with Gasteiger partial charge in [-0.3, -0.25) is 0 Å². The van der Waals surface area contributed by atoms with Gasteiger partial charge in [0.1, 0.15) is 6.61 Å². The smallest absolute Gasteiger partial charge is 0.416 e. The highest BCUT2D eigenvalue weighted by atomic mass is 35.5. The summed E-state index contributed by atoms with van der Waals surface area (Å²) in [6.07, 6.45) is -4.46. The molecule has 0 N–H and O–H groups in total. The molecule has 0 spiro atoms. The Labute approximate surface area is 179 Å². The zero-order valence-corrected chi connectivity index (χ0v) is 17.9. The van der Waals surface area contributed by atoms with Crippen LogP contribution in [0.1, 0.15) is 35.3 Å². The second-order valence-electron chi connectivity index (χ2n) is 6.83. The zero-order chi connectivity index (χ0) is 21.2. The van der Waals surface area contributed by atoms with Gasteiger partial charge in [-0.25, -0.2) is 9.78 Å². The second-order valence-corrected chi connectivity index (χ2v) is 6.83. The third-order valence-electron chi connectivity index (χ3n) is 5.16. The number of hydrogen-bond acceptors (Lipinski definition) is 4. The number of ether oxygens (including phenoxy) is 1. The molecule has 8 heteroatoms. The van der Waals surface area contributed by atoms with Crippen molar-refractivity contribution < 1.29 is 22.7 Å². The second kappa shape index (κ2) is 9.62. The van der Waals surface area contributed by atoms with E-state index in [0.29, 0.717) is 17.4 Å². The van der Waals surface area contributed by atoms with Crippen molar-refractivity contribution in [2.45, 2.75) is 26.9 Å². The van der Waals surface area contributed by atoms with Gasteiger partial charge in [0, 0.05) is 17.3 Å². The van der Waals surface area contributed by atoms with Crippen LogP contribution in [0.3, 0.4) is 0 Å². The van der Waals surface area contributed by atoms with E-state index in [1.807, 2.05) is 26.8 Å². The van der Waals surface area contributed by atoms with E-state index in [0.717, 1.165) is 36.2 Å². The van der Waals surface area contributed by atoms with Crippen LogP contribution in [0.4, 0.5) is 13.2 Å². The molecular weight excluding hydrogens is 417 g/mol. The lowest BCUT2D eigenvalue weighted by molar-refractivity contribution is -0.137. The van der Waals surface area contributed by atoms with Crippen molar-refractivity contribution in [2.24, 2.45) is 0 Å². The molecule has 0 saturated carbocycles. The Morgan fingerprint density at radius 1 is 1.10 bits per heavy atom. The fourth-order valence-corrected chi connectivity index (χ4v) is 3.40. The minimum atomic E-state index is -4.46. The molecule has 4 nitrogen and oxygen atoms in total. The number of fused-ring (bicyclic) bond motifs is 2. The topological polar surface area (TPSA) is 42.4 Å². The lowest BCUT2D eigenvalue weighted by Crippen LogP contribution is -2.28. The summed E-state index contributed by atoms with van der Waals surface area (Å²) in [5.41, 5.74) is 0.814. The Morgan fingerprint density at radius 3 is 2.43 bits per heavy atom. The standard InChI is InChI=1S/C22H23F3N2O2.ClH/c1-4-27(5-2)11-12-29-21(28)18-8-6-7-17-14(3)16-10-9-15(22(23,24)25)13-19(16)26-20(17)18;/h6-10,13H,4-5,11-12H2,1-3H3;1H. The van der Waals surface area contributed by atoms with E-state index in [1.54, 1.807) is 12.1 Å². The minimum Gasteiger partial charge on any atom is -0.461 e. The largest absolute Gasteiger partial charge is 0.461 e. The molecule has 0 bridgehead atoms.